The van der Waals surface area contributed by atoms with Crippen LogP contribution in [-0.4, -0.2) is 26.7 Å². The zero-order valence-corrected chi connectivity index (χ0v) is 15.2. The van der Waals surface area contributed by atoms with Gasteiger partial charge in [0.05, 0.1) is 12.4 Å². The van der Waals surface area contributed by atoms with Gasteiger partial charge in [0.25, 0.3) is 0 Å². The van der Waals surface area contributed by atoms with E-state index in [0.29, 0.717) is 29.1 Å². The number of aryl methyl sites for hydroxylation is 1. The van der Waals surface area contributed by atoms with E-state index in [9.17, 15) is 4.21 Å². The number of hydrogen-bond donors (Lipinski definition) is 0. The van der Waals surface area contributed by atoms with E-state index in [4.69, 9.17) is 20.9 Å². The van der Waals surface area contributed by atoms with E-state index < -0.39 is 10.8 Å². The van der Waals surface area contributed by atoms with Gasteiger partial charge < -0.3 is 9.26 Å². The van der Waals surface area contributed by atoms with Crippen LogP contribution in [0.1, 0.15) is 11.5 Å². The molecule has 5 nitrogen and oxygen atoms in total. The molecule has 1 heterocycles. The Kier molecular flexibility index (Phi) is 5.83. The summed E-state index contributed by atoms with van der Waals surface area (Å²) in [6.07, 6.45) is 0. The predicted molar refractivity (Wildman–Crippen MR) is 98.1 cm³/mol. The highest BCUT2D eigenvalue weighted by atomic mass is 35.5. The monoisotopic (exact) mass is 376 g/mol. The molecule has 0 N–H and O–H groups in total. The van der Waals surface area contributed by atoms with Crippen LogP contribution in [0, 0.1) is 6.92 Å². The van der Waals surface area contributed by atoms with E-state index in [1.165, 1.54) is 5.56 Å². The quantitative estimate of drug-likeness (QED) is 0.623. The van der Waals surface area contributed by atoms with Crippen molar-refractivity contribution in [2.75, 3.05) is 12.4 Å². The lowest BCUT2D eigenvalue weighted by molar-refractivity contribution is 0.342. The third-order valence-corrected chi connectivity index (χ3v) is 4.86. The molecule has 0 fully saturated rings. The molecular weight excluding hydrogens is 360 g/mol. The summed E-state index contributed by atoms with van der Waals surface area (Å²) in [5, 5.41) is 4.50. The fraction of sp³-hybridized carbons (Fsp3) is 0.222. The second kappa shape index (κ2) is 8.27. The van der Waals surface area contributed by atoms with Crippen LogP contribution < -0.4 is 4.74 Å². The minimum Gasteiger partial charge on any atom is -0.493 e. The third-order valence-electron chi connectivity index (χ3n) is 3.44. The molecule has 1 atom stereocenters. The van der Waals surface area contributed by atoms with Gasteiger partial charge in [0, 0.05) is 21.4 Å². The average Bonchev–Trinajstić information content (AvgIpc) is 3.05. The molecule has 2 aromatic carbocycles. The molecule has 0 spiro atoms. The SMILES string of the molecule is Cc1ccc(OCC[S@@](=O)Cc2nc(-c3cccc(Cl)c3)no2)cc1. The molecule has 0 aliphatic heterocycles. The highest BCUT2D eigenvalue weighted by Gasteiger charge is 2.12. The molecule has 0 saturated carbocycles. The topological polar surface area (TPSA) is 65.2 Å². The molecule has 25 heavy (non-hydrogen) atoms. The van der Waals surface area contributed by atoms with E-state index in [1.807, 2.05) is 43.3 Å². The zero-order valence-electron chi connectivity index (χ0n) is 13.6. The fourth-order valence-electron chi connectivity index (χ4n) is 2.16. The van der Waals surface area contributed by atoms with E-state index in [1.54, 1.807) is 12.1 Å². The minimum atomic E-state index is -1.14. The van der Waals surface area contributed by atoms with Crippen molar-refractivity contribution in [3.63, 3.8) is 0 Å². The molecule has 0 saturated heterocycles. The van der Waals surface area contributed by atoms with Crippen LogP contribution in [0.2, 0.25) is 5.02 Å². The first kappa shape index (κ1) is 17.6. The molecule has 0 aliphatic carbocycles. The number of hydrogen-bond acceptors (Lipinski definition) is 5. The number of aromatic nitrogens is 2. The molecular formula is C18H17ClN2O3S. The fourth-order valence-corrected chi connectivity index (χ4v) is 3.15. The molecule has 0 unspecified atom stereocenters. The van der Waals surface area contributed by atoms with Gasteiger partial charge in [-0.15, -0.1) is 0 Å². The van der Waals surface area contributed by atoms with Crippen LogP contribution >= 0.6 is 11.6 Å². The molecule has 0 bridgehead atoms. The highest BCUT2D eigenvalue weighted by molar-refractivity contribution is 7.84. The largest absolute Gasteiger partial charge is 0.493 e. The summed E-state index contributed by atoms with van der Waals surface area (Å²) in [4.78, 5) is 4.27. The van der Waals surface area contributed by atoms with Crippen LogP contribution in [0.25, 0.3) is 11.4 Å². The smallest absolute Gasteiger partial charge is 0.239 e. The average molecular weight is 377 g/mol. The number of halogens is 1. The highest BCUT2D eigenvalue weighted by Crippen LogP contribution is 2.20. The van der Waals surface area contributed by atoms with Gasteiger partial charge >= 0.3 is 0 Å². The second-order valence-electron chi connectivity index (χ2n) is 5.47. The lowest BCUT2D eigenvalue weighted by atomic mass is 10.2. The number of ether oxygens (including phenoxy) is 1. The van der Waals surface area contributed by atoms with Gasteiger partial charge in [-0.1, -0.05) is 46.6 Å². The Hall–Kier alpha value is -2.18. The molecule has 1 aromatic heterocycles. The Balaban J connectivity index is 1.50. The van der Waals surface area contributed by atoms with Crippen molar-refractivity contribution in [3.05, 3.63) is 65.0 Å². The summed E-state index contributed by atoms with van der Waals surface area (Å²) < 4.78 is 22.9. The molecule has 0 radical (unpaired) electrons. The summed E-state index contributed by atoms with van der Waals surface area (Å²) >= 11 is 5.95. The molecule has 3 rings (SSSR count). The maximum Gasteiger partial charge on any atom is 0.239 e. The summed E-state index contributed by atoms with van der Waals surface area (Å²) in [5.41, 5.74) is 1.93. The molecule has 0 aliphatic rings. The van der Waals surface area contributed by atoms with Gasteiger partial charge in [-0.05, 0) is 31.2 Å². The Morgan fingerprint density at radius 2 is 2.00 bits per heavy atom. The Morgan fingerprint density at radius 1 is 1.20 bits per heavy atom. The van der Waals surface area contributed by atoms with Crippen molar-refractivity contribution >= 4 is 22.4 Å². The Bertz CT molecular complexity index is 865. The molecule has 3 aromatic rings. The minimum absolute atomic E-state index is 0.199. The third kappa shape index (κ3) is 5.14. The van der Waals surface area contributed by atoms with Crippen LogP contribution in [0.3, 0.4) is 0 Å². The predicted octanol–water partition coefficient (Wildman–Crippen LogP) is 4.03. The maximum atomic E-state index is 12.1. The zero-order chi connectivity index (χ0) is 17.6. The second-order valence-corrected chi connectivity index (χ2v) is 7.48. The van der Waals surface area contributed by atoms with Crippen molar-refractivity contribution in [1.29, 1.82) is 0 Å². The maximum absolute atomic E-state index is 12.1. The first-order valence-corrected chi connectivity index (χ1v) is 9.60. The van der Waals surface area contributed by atoms with E-state index in [0.717, 1.165) is 11.3 Å². The van der Waals surface area contributed by atoms with Gasteiger partial charge in [-0.3, -0.25) is 4.21 Å². The summed E-state index contributed by atoms with van der Waals surface area (Å²) in [5.74, 6) is 2.13. The Morgan fingerprint density at radius 3 is 2.76 bits per heavy atom. The van der Waals surface area contributed by atoms with Crippen LogP contribution in [0.5, 0.6) is 5.75 Å². The van der Waals surface area contributed by atoms with Crippen molar-refractivity contribution in [1.82, 2.24) is 10.1 Å². The van der Waals surface area contributed by atoms with Crippen molar-refractivity contribution in [3.8, 4) is 17.1 Å². The molecule has 0 amide bonds. The van der Waals surface area contributed by atoms with Crippen molar-refractivity contribution in [2.24, 2.45) is 0 Å². The van der Waals surface area contributed by atoms with Gasteiger partial charge in [-0.25, -0.2) is 0 Å². The first-order chi connectivity index (χ1) is 12.1. The van der Waals surface area contributed by atoms with Gasteiger partial charge in [0.15, 0.2) is 0 Å². The van der Waals surface area contributed by atoms with Gasteiger partial charge in [0.1, 0.15) is 11.5 Å². The molecule has 7 heteroatoms. The molecule has 130 valence electrons. The van der Waals surface area contributed by atoms with Crippen LogP contribution in [-0.2, 0) is 16.6 Å². The number of nitrogens with zero attached hydrogens (tertiary/aromatic N) is 2. The summed E-state index contributed by atoms with van der Waals surface area (Å²) in [7, 11) is -1.14. The lowest BCUT2D eigenvalue weighted by Gasteiger charge is -2.05. The Labute approximate surface area is 153 Å². The first-order valence-electron chi connectivity index (χ1n) is 7.73. The normalized spacial score (nSPS) is 12.1. The van der Waals surface area contributed by atoms with E-state index >= 15 is 0 Å². The van der Waals surface area contributed by atoms with E-state index in [-0.39, 0.29) is 5.75 Å². The van der Waals surface area contributed by atoms with Crippen molar-refractivity contribution < 1.29 is 13.5 Å². The summed E-state index contributed by atoms with van der Waals surface area (Å²) in [6.45, 7) is 2.38. The number of benzene rings is 2. The van der Waals surface area contributed by atoms with Crippen LogP contribution in [0.15, 0.2) is 53.1 Å². The lowest BCUT2D eigenvalue weighted by Crippen LogP contribution is -2.10. The van der Waals surface area contributed by atoms with E-state index in [2.05, 4.69) is 10.1 Å². The van der Waals surface area contributed by atoms with Crippen LogP contribution in [0.4, 0.5) is 0 Å². The van der Waals surface area contributed by atoms with Gasteiger partial charge in [0.2, 0.25) is 11.7 Å². The summed E-state index contributed by atoms with van der Waals surface area (Å²) in [6, 6.07) is 14.9. The van der Waals surface area contributed by atoms with Gasteiger partial charge in [-0.2, -0.15) is 4.98 Å². The number of rotatable bonds is 7. The standard InChI is InChI=1S/C18H17ClN2O3S/c1-13-5-7-16(8-6-13)23-9-10-25(22)12-17-20-18(21-24-17)14-3-2-4-15(19)11-14/h2-8,11H,9-10,12H2,1H3/t25-/m1/s1. The van der Waals surface area contributed by atoms with Crippen molar-refractivity contribution in [2.45, 2.75) is 12.7 Å².